The Morgan fingerprint density at radius 2 is 1.23 bits per heavy atom. The van der Waals surface area contributed by atoms with Gasteiger partial charge in [-0.25, -0.2) is 0 Å². The van der Waals surface area contributed by atoms with Crippen LogP contribution in [0.2, 0.25) is 0 Å². The van der Waals surface area contributed by atoms with Crippen molar-refractivity contribution in [2.24, 2.45) is 0 Å². The normalized spacial score (nSPS) is 13.4. The minimum Gasteiger partial charge on any atom is -0.456 e. The summed E-state index contributed by atoms with van der Waals surface area (Å²) in [5.41, 5.74) is 8.19. The quantitative estimate of drug-likeness (QED) is 0.187. The zero-order chi connectivity index (χ0) is 31.5. The first-order chi connectivity index (χ1) is 23.1. The summed E-state index contributed by atoms with van der Waals surface area (Å²) in [7, 11) is 0. The molecular formula is C44H32N2O. The lowest BCUT2D eigenvalue weighted by Crippen LogP contribution is -2.30. The molecule has 0 atom stereocenters. The van der Waals surface area contributed by atoms with Gasteiger partial charge in [-0.15, -0.1) is 0 Å². The number of hydrogen-bond donors (Lipinski definition) is 0. The summed E-state index contributed by atoms with van der Waals surface area (Å²) in [4.78, 5) is 6.98. The van der Waals surface area contributed by atoms with Crippen LogP contribution in [0.25, 0.3) is 43.4 Å². The fourth-order valence-electron chi connectivity index (χ4n) is 7.56. The first kappa shape index (κ1) is 27.4. The number of fused-ring (bicyclic) bond motifs is 5. The van der Waals surface area contributed by atoms with Crippen molar-refractivity contribution >= 4 is 49.4 Å². The number of hydrogen-bond acceptors (Lipinski definition) is 3. The van der Waals surface area contributed by atoms with Crippen molar-refractivity contribution in [2.45, 2.75) is 19.3 Å². The van der Waals surface area contributed by atoms with E-state index in [2.05, 4.69) is 169 Å². The monoisotopic (exact) mass is 604 g/mol. The number of aromatic nitrogens is 1. The van der Waals surface area contributed by atoms with Crippen molar-refractivity contribution in [3.8, 4) is 22.6 Å². The van der Waals surface area contributed by atoms with E-state index in [-0.39, 0.29) is 5.41 Å². The molecule has 3 nitrogen and oxygen atoms in total. The minimum atomic E-state index is -0.180. The summed E-state index contributed by atoms with van der Waals surface area (Å²) in [6.45, 7) is 4.63. The maximum absolute atomic E-state index is 7.04. The molecule has 7 aromatic carbocycles. The van der Waals surface area contributed by atoms with Gasteiger partial charge in [0.25, 0.3) is 0 Å². The summed E-state index contributed by atoms with van der Waals surface area (Å²) in [6, 6.07) is 51.7. The van der Waals surface area contributed by atoms with Crippen LogP contribution in [0, 0.1) is 0 Å². The van der Waals surface area contributed by atoms with Crippen molar-refractivity contribution in [2.75, 3.05) is 4.90 Å². The zero-order valence-electron chi connectivity index (χ0n) is 26.3. The van der Waals surface area contributed by atoms with Gasteiger partial charge in [0.1, 0.15) is 11.5 Å². The number of benzene rings is 7. The molecule has 0 saturated carbocycles. The highest BCUT2D eigenvalue weighted by Gasteiger charge is 2.37. The molecule has 3 heteroatoms. The van der Waals surface area contributed by atoms with Crippen LogP contribution in [0.3, 0.4) is 0 Å². The Labute approximate surface area is 274 Å². The molecule has 224 valence electrons. The second kappa shape index (κ2) is 10.6. The molecule has 0 spiro atoms. The lowest BCUT2D eigenvalue weighted by atomic mass is 9.73. The summed E-state index contributed by atoms with van der Waals surface area (Å²) in [5, 5.41) is 6.74. The Balaban J connectivity index is 1.26. The van der Waals surface area contributed by atoms with Crippen LogP contribution in [0.1, 0.15) is 25.0 Å². The van der Waals surface area contributed by atoms with Crippen LogP contribution in [-0.2, 0) is 5.41 Å². The molecule has 2 heterocycles. The maximum atomic E-state index is 7.04. The molecule has 0 saturated heterocycles. The molecule has 0 unspecified atom stereocenters. The molecule has 0 amide bonds. The number of rotatable bonds is 4. The van der Waals surface area contributed by atoms with E-state index in [1.165, 1.54) is 38.7 Å². The van der Waals surface area contributed by atoms with Gasteiger partial charge in [0.15, 0.2) is 0 Å². The molecule has 9 rings (SSSR count). The molecule has 0 N–H and O–H groups in total. The highest BCUT2D eigenvalue weighted by molar-refractivity contribution is 6.19. The van der Waals surface area contributed by atoms with Gasteiger partial charge < -0.3 is 9.64 Å². The highest BCUT2D eigenvalue weighted by atomic mass is 16.5. The average Bonchev–Trinajstić information content (AvgIpc) is 3.12. The Morgan fingerprint density at radius 1 is 0.553 bits per heavy atom. The van der Waals surface area contributed by atoms with E-state index in [9.17, 15) is 0 Å². The average molecular weight is 605 g/mol. The SMILES string of the molecule is CC1(C)c2ccccc2N(c2ccccc2)c2cc(Oc3c4ccccc4c(-c4cccc5ccccc45)c4cnccc34)ccc21. The topological polar surface area (TPSA) is 25.4 Å². The number of para-hydroxylation sites is 2. The number of anilines is 3. The Kier molecular flexibility index (Phi) is 6.16. The van der Waals surface area contributed by atoms with Gasteiger partial charge in [0.05, 0.1) is 11.4 Å². The largest absolute Gasteiger partial charge is 0.456 e. The number of ether oxygens (including phenoxy) is 1. The van der Waals surface area contributed by atoms with Crippen LogP contribution in [-0.4, -0.2) is 4.98 Å². The summed E-state index contributed by atoms with van der Waals surface area (Å²) < 4.78 is 7.04. The summed E-state index contributed by atoms with van der Waals surface area (Å²) >= 11 is 0. The van der Waals surface area contributed by atoms with Crippen LogP contribution >= 0.6 is 0 Å². The number of pyridine rings is 1. The molecule has 1 aromatic heterocycles. The first-order valence-electron chi connectivity index (χ1n) is 16.1. The van der Waals surface area contributed by atoms with Gasteiger partial charge in [-0.2, -0.15) is 0 Å². The third-order valence-corrected chi connectivity index (χ3v) is 9.77. The van der Waals surface area contributed by atoms with Gasteiger partial charge in [0.2, 0.25) is 0 Å². The van der Waals surface area contributed by atoms with E-state index in [1.807, 2.05) is 12.4 Å². The minimum absolute atomic E-state index is 0.180. The van der Waals surface area contributed by atoms with Gasteiger partial charge in [-0.05, 0) is 68.7 Å². The highest BCUT2D eigenvalue weighted by Crippen LogP contribution is 2.53. The second-order valence-corrected chi connectivity index (χ2v) is 12.8. The van der Waals surface area contributed by atoms with E-state index >= 15 is 0 Å². The summed E-state index contributed by atoms with van der Waals surface area (Å²) in [5.74, 6) is 1.63. The first-order valence-corrected chi connectivity index (χ1v) is 16.1. The van der Waals surface area contributed by atoms with Crippen LogP contribution in [0.4, 0.5) is 17.1 Å². The van der Waals surface area contributed by atoms with Crippen LogP contribution < -0.4 is 9.64 Å². The van der Waals surface area contributed by atoms with E-state index in [1.54, 1.807) is 0 Å². The maximum Gasteiger partial charge on any atom is 0.143 e. The second-order valence-electron chi connectivity index (χ2n) is 12.8. The Bertz CT molecular complexity index is 2420. The molecule has 1 aliphatic heterocycles. The Hall–Kier alpha value is -5.93. The fourth-order valence-corrected chi connectivity index (χ4v) is 7.56. The van der Waals surface area contributed by atoms with Crippen molar-refractivity contribution in [1.82, 2.24) is 4.98 Å². The number of nitrogens with zero attached hydrogens (tertiary/aromatic N) is 2. The van der Waals surface area contributed by atoms with Crippen LogP contribution in [0.15, 0.2) is 158 Å². The predicted octanol–water partition coefficient (Wildman–Crippen LogP) is 12.1. The standard InChI is InChI=1S/C44H32N2O/c1-44(2)38-21-10-11-22-40(38)46(30-15-4-3-5-16-30)41-27-31(23-24-39(41)44)47-43-35-19-9-8-18-34(35)42(37-28-45-26-25-36(37)43)33-20-12-14-29-13-6-7-17-32(29)33/h3-28H,1-2H3. The van der Waals surface area contributed by atoms with E-state index in [0.717, 1.165) is 44.4 Å². The lowest BCUT2D eigenvalue weighted by Gasteiger charge is -2.42. The third-order valence-electron chi connectivity index (χ3n) is 9.77. The summed E-state index contributed by atoms with van der Waals surface area (Å²) in [6.07, 6.45) is 3.84. The fraction of sp³-hybridized carbons (Fsp3) is 0.0682. The molecule has 0 aliphatic carbocycles. The molecular weight excluding hydrogens is 572 g/mol. The van der Waals surface area contributed by atoms with Crippen molar-refractivity contribution in [3.05, 3.63) is 169 Å². The van der Waals surface area contributed by atoms with Gasteiger partial charge in [0, 0.05) is 45.7 Å². The molecule has 0 fully saturated rings. The van der Waals surface area contributed by atoms with E-state index in [0.29, 0.717) is 0 Å². The van der Waals surface area contributed by atoms with Gasteiger partial charge in [-0.3, -0.25) is 4.98 Å². The third kappa shape index (κ3) is 4.24. The van der Waals surface area contributed by atoms with Crippen molar-refractivity contribution in [3.63, 3.8) is 0 Å². The Morgan fingerprint density at radius 3 is 2.11 bits per heavy atom. The smallest absolute Gasteiger partial charge is 0.143 e. The zero-order valence-corrected chi connectivity index (χ0v) is 26.3. The molecule has 1 aliphatic rings. The lowest BCUT2D eigenvalue weighted by molar-refractivity contribution is 0.492. The molecule has 0 bridgehead atoms. The molecule has 0 radical (unpaired) electrons. The van der Waals surface area contributed by atoms with Crippen molar-refractivity contribution < 1.29 is 4.74 Å². The van der Waals surface area contributed by atoms with Gasteiger partial charge in [-0.1, -0.05) is 123 Å². The predicted molar refractivity (Wildman–Crippen MR) is 196 cm³/mol. The van der Waals surface area contributed by atoms with Crippen molar-refractivity contribution in [1.29, 1.82) is 0 Å². The molecule has 47 heavy (non-hydrogen) atoms. The van der Waals surface area contributed by atoms with E-state index < -0.39 is 0 Å². The van der Waals surface area contributed by atoms with E-state index in [4.69, 9.17) is 4.74 Å². The molecule has 8 aromatic rings. The van der Waals surface area contributed by atoms with Gasteiger partial charge >= 0.3 is 0 Å². The van der Waals surface area contributed by atoms with Crippen LogP contribution in [0.5, 0.6) is 11.5 Å².